The van der Waals surface area contributed by atoms with Crippen LogP contribution in [0.2, 0.25) is 0 Å². The molecule has 4 nitrogen and oxygen atoms in total. The molecule has 0 atom stereocenters. The van der Waals surface area contributed by atoms with Crippen LogP contribution in [0.1, 0.15) is 12.0 Å². The number of aromatic nitrogens is 1. The smallest absolute Gasteiger partial charge is 0.227 e. The Labute approximate surface area is 116 Å². The molecule has 2 N–H and O–H groups in total. The molecule has 0 saturated carbocycles. The van der Waals surface area contributed by atoms with E-state index in [9.17, 15) is 4.79 Å². The Bertz CT molecular complexity index is 541. The first kappa shape index (κ1) is 14.9. The highest BCUT2D eigenvalue weighted by molar-refractivity contribution is 7.22. The molecule has 1 aromatic carbocycles. The first-order valence-electron chi connectivity index (χ1n) is 5.51. The summed E-state index contributed by atoms with van der Waals surface area (Å²) in [5.74, 6) is -0.00365. The van der Waals surface area contributed by atoms with Gasteiger partial charge in [0.1, 0.15) is 0 Å². The number of carbonyl (C=O) groups is 1. The molecule has 1 aromatic heterocycles. The van der Waals surface area contributed by atoms with Crippen LogP contribution in [0.4, 0.5) is 5.13 Å². The molecule has 0 aliphatic rings. The zero-order valence-electron chi connectivity index (χ0n) is 10.3. The summed E-state index contributed by atoms with van der Waals surface area (Å²) in [7, 11) is 1.83. The van der Waals surface area contributed by atoms with Crippen molar-refractivity contribution in [2.75, 3.05) is 18.9 Å². The highest BCUT2D eigenvalue weighted by Gasteiger charge is 2.08. The first-order valence-corrected chi connectivity index (χ1v) is 6.33. The van der Waals surface area contributed by atoms with Gasteiger partial charge < -0.3 is 10.6 Å². The summed E-state index contributed by atoms with van der Waals surface area (Å²) in [5, 5.41) is 6.44. The number of nitrogens with one attached hydrogen (secondary N) is 2. The van der Waals surface area contributed by atoms with Gasteiger partial charge in [0.2, 0.25) is 5.91 Å². The topological polar surface area (TPSA) is 54.0 Å². The van der Waals surface area contributed by atoms with E-state index in [1.165, 1.54) is 11.3 Å². The van der Waals surface area contributed by atoms with Crippen LogP contribution in [0.5, 0.6) is 0 Å². The number of thiazole rings is 1. The van der Waals surface area contributed by atoms with Gasteiger partial charge in [0.15, 0.2) is 5.13 Å². The number of hydrogen-bond donors (Lipinski definition) is 2. The third-order valence-corrected chi connectivity index (χ3v) is 3.41. The van der Waals surface area contributed by atoms with Crippen molar-refractivity contribution in [3.05, 3.63) is 23.8 Å². The number of halogens is 1. The van der Waals surface area contributed by atoms with E-state index < -0.39 is 0 Å². The van der Waals surface area contributed by atoms with Crippen LogP contribution in [-0.2, 0) is 4.79 Å². The molecule has 1 heterocycles. The van der Waals surface area contributed by atoms with E-state index in [4.69, 9.17) is 0 Å². The molecule has 0 spiro atoms. The molecule has 0 bridgehead atoms. The number of hydrogen-bond acceptors (Lipinski definition) is 4. The number of amides is 1. The van der Waals surface area contributed by atoms with Crippen LogP contribution in [-0.4, -0.2) is 24.5 Å². The van der Waals surface area contributed by atoms with E-state index >= 15 is 0 Å². The summed E-state index contributed by atoms with van der Waals surface area (Å²) in [4.78, 5) is 16.0. The summed E-state index contributed by atoms with van der Waals surface area (Å²) in [5.41, 5.74) is 2.11. The molecule has 0 aliphatic carbocycles. The van der Waals surface area contributed by atoms with Gasteiger partial charge in [-0.3, -0.25) is 4.79 Å². The SMILES string of the molecule is CNCCC(=O)Nc1nc2c(C)cccc2s1.Cl. The largest absolute Gasteiger partial charge is 0.319 e. The minimum Gasteiger partial charge on any atom is -0.319 e. The number of nitrogens with zero attached hydrogens (tertiary/aromatic N) is 1. The van der Waals surface area contributed by atoms with Crippen LogP contribution in [0.15, 0.2) is 18.2 Å². The molecule has 98 valence electrons. The van der Waals surface area contributed by atoms with Gasteiger partial charge >= 0.3 is 0 Å². The molecule has 0 unspecified atom stereocenters. The molecular formula is C12H16ClN3OS. The number of fused-ring (bicyclic) bond motifs is 1. The van der Waals surface area contributed by atoms with Gasteiger partial charge in [0, 0.05) is 13.0 Å². The highest BCUT2D eigenvalue weighted by atomic mass is 35.5. The lowest BCUT2D eigenvalue weighted by atomic mass is 10.2. The van der Waals surface area contributed by atoms with E-state index in [0.29, 0.717) is 18.1 Å². The second-order valence-corrected chi connectivity index (χ2v) is 4.87. The molecule has 0 radical (unpaired) electrons. The fraction of sp³-hybridized carbons (Fsp3) is 0.333. The average Bonchev–Trinajstić information content (AvgIpc) is 2.70. The Balaban J connectivity index is 0.00000162. The lowest BCUT2D eigenvalue weighted by Crippen LogP contribution is -2.18. The quantitative estimate of drug-likeness (QED) is 0.908. The second kappa shape index (κ2) is 6.68. The van der Waals surface area contributed by atoms with Crippen LogP contribution < -0.4 is 10.6 Å². The van der Waals surface area contributed by atoms with Gasteiger partial charge in [-0.15, -0.1) is 12.4 Å². The summed E-state index contributed by atoms with van der Waals surface area (Å²) >= 11 is 1.51. The summed E-state index contributed by atoms with van der Waals surface area (Å²) < 4.78 is 1.11. The summed E-state index contributed by atoms with van der Waals surface area (Å²) in [6.07, 6.45) is 0.464. The van der Waals surface area contributed by atoms with Crippen molar-refractivity contribution in [2.24, 2.45) is 0 Å². The van der Waals surface area contributed by atoms with Crippen molar-refractivity contribution in [2.45, 2.75) is 13.3 Å². The van der Waals surface area contributed by atoms with Gasteiger partial charge in [0.25, 0.3) is 0 Å². The molecule has 18 heavy (non-hydrogen) atoms. The van der Waals surface area contributed by atoms with Crippen molar-refractivity contribution < 1.29 is 4.79 Å². The fourth-order valence-corrected chi connectivity index (χ4v) is 2.52. The van der Waals surface area contributed by atoms with Crippen molar-refractivity contribution in [1.82, 2.24) is 10.3 Å². The van der Waals surface area contributed by atoms with Gasteiger partial charge in [-0.1, -0.05) is 23.5 Å². The second-order valence-electron chi connectivity index (χ2n) is 3.84. The Morgan fingerprint density at radius 1 is 1.44 bits per heavy atom. The molecule has 1 amide bonds. The Kier molecular flexibility index (Phi) is 5.53. The highest BCUT2D eigenvalue weighted by Crippen LogP contribution is 2.27. The van der Waals surface area contributed by atoms with E-state index in [1.807, 2.05) is 32.2 Å². The van der Waals surface area contributed by atoms with E-state index in [-0.39, 0.29) is 18.3 Å². The van der Waals surface area contributed by atoms with Crippen LogP contribution in [0.25, 0.3) is 10.2 Å². The maximum absolute atomic E-state index is 11.5. The molecule has 0 saturated heterocycles. The monoisotopic (exact) mass is 285 g/mol. The van der Waals surface area contributed by atoms with Gasteiger partial charge in [-0.25, -0.2) is 4.98 Å². The van der Waals surface area contributed by atoms with Gasteiger partial charge in [-0.05, 0) is 25.6 Å². The summed E-state index contributed by atoms with van der Waals surface area (Å²) in [6.45, 7) is 2.70. The average molecular weight is 286 g/mol. The molecule has 2 aromatic rings. The van der Waals surface area contributed by atoms with Crippen molar-refractivity contribution in [3.8, 4) is 0 Å². The number of para-hydroxylation sites is 1. The Morgan fingerprint density at radius 2 is 2.22 bits per heavy atom. The lowest BCUT2D eigenvalue weighted by Gasteiger charge is -1.99. The van der Waals surface area contributed by atoms with Gasteiger partial charge in [0.05, 0.1) is 10.2 Å². The molecule has 0 aliphatic heterocycles. The van der Waals surface area contributed by atoms with Crippen molar-refractivity contribution in [1.29, 1.82) is 0 Å². The number of carbonyl (C=O) groups excluding carboxylic acids is 1. The zero-order chi connectivity index (χ0) is 12.3. The Hall–Kier alpha value is -1.17. The number of anilines is 1. The van der Waals surface area contributed by atoms with E-state index in [0.717, 1.165) is 15.8 Å². The molecule has 2 rings (SSSR count). The molecule has 0 fully saturated rings. The number of rotatable bonds is 4. The van der Waals surface area contributed by atoms with Crippen LogP contribution >= 0.6 is 23.7 Å². The van der Waals surface area contributed by atoms with Crippen molar-refractivity contribution >= 4 is 45.0 Å². The molecule has 6 heteroatoms. The predicted molar refractivity (Wildman–Crippen MR) is 78.8 cm³/mol. The zero-order valence-corrected chi connectivity index (χ0v) is 12.0. The van der Waals surface area contributed by atoms with E-state index in [2.05, 4.69) is 15.6 Å². The third kappa shape index (κ3) is 3.41. The van der Waals surface area contributed by atoms with Crippen molar-refractivity contribution in [3.63, 3.8) is 0 Å². The predicted octanol–water partition coefficient (Wildman–Crippen LogP) is 2.57. The minimum atomic E-state index is -0.00365. The minimum absolute atomic E-state index is 0. The Morgan fingerprint density at radius 3 is 2.89 bits per heavy atom. The maximum Gasteiger partial charge on any atom is 0.227 e. The van der Waals surface area contributed by atoms with E-state index in [1.54, 1.807) is 0 Å². The number of aryl methyl sites for hydroxylation is 1. The van der Waals surface area contributed by atoms with Crippen LogP contribution in [0.3, 0.4) is 0 Å². The maximum atomic E-state index is 11.5. The van der Waals surface area contributed by atoms with Crippen LogP contribution in [0, 0.1) is 6.92 Å². The van der Waals surface area contributed by atoms with Gasteiger partial charge in [-0.2, -0.15) is 0 Å². The first-order chi connectivity index (χ1) is 8.20. The lowest BCUT2D eigenvalue weighted by molar-refractivity contribution is -0.116. The third-order valence-electron chi connectivity index (χ3n) is 2.47. The standard InChI is InChI=1S/C12H15N3OS.ClH/c1-8-4-3-5-9-11(8)15-12(17-9)14-10(16)6-7-13-2;/h3-5,13H,6-7H2,1-2H3,(H,14,15,16);1H. The fourth-order valence-electron chi connectivity index (χ4n) is 1.56. The summed E-state index contributed by atoms with van der Waals surface area (Å²) in [6, 6.07) is 6.04. The number of benzene rings is 1. The molecular weight excluding hydrogens is 270 g/mol. The normalized spacial score (nSPS) is 10.1.